The minimum absolute atomic E-state index is 0.163. The monoisotopic (exact) mass is 743 g/mol. The zero-order valence-electron chi connectivity index (χ0n) is 32.2. The van der Waals surface area contributed by atoms with Crippen molar-refractivity contribution in [1.82, 2.24) is 0 Å². The lowest BCUT2D eigenvalue weighted by molar-refractivity contribution is 0.660. The van der Waals surface area contributed by atoms with Crippen LogP contribution in [-0.4, -0.2) is 0 Å². The maximum Gasteiger partial charge on any atom is 0.136 e. The second-order valence-electron chi connectivity index (χ2n) is 16.1. The number of hydrogen-bond donors (Lipinski definition) is 0. The van der Waals surface area contributed by atoms with E-state index in [0.717, 1.165) is 83.2 Å². The van der Waals surface area contributed by atoms with Gasteiger partial charge in [0.25, 0.3) is 0 Å². The van der Waals surface area contributed by atoms with Crippen LogP contribution < -0.4 is 4.90 Å². The summed E-state index contributed by atoms with van der Waals surface area (Å²) in [5.74, 6) is 0. The topological polar surface area (TPSA) is 29.5 Å². The fourth-order valence-electron chi connectivity index (χ4n) is 9.62. The molecule has 0 saturated heterocycles. The Bertz CT molecular complexity index is 3450. The first-order valence-corrected chi connectivity index (χ1v) is 20.0. The summed E-state index contributed by atoms with van der Waals surface area (Å²) in [4.78, 5) is 2.45. The summed E-state index contributed by atoms with van der Waals surface area (Å²) in [6.07, 6.45) is 0. The summed E-state index contributed by atoms with van der Waals surface area (Å²) < 4.78 is 12.9. The van der Waals surface area contributed by atoms with Crippen LogP contribution in [0.3, 0.4) is 0 Å². The zero-order valence-corrected chi connectivity index (χ0v) is 32.2. The van der Waals surface area contributed by atoms with Crippen molar-refractivity contribution in [1.29, 1.82) is 0 Å². The number of benzene rings is 9. The Morgan fingerprint density at radius 3 is 1.97 bits per heavy atom. The smallest absolute Gasteiger partial charge is 0.136 e. The molecular formula is C55H37NO2. The Balaban J connectivity index is 1.13. The van der Waals surface area contributed by atoms with Crippen molar-refractivity contribution in [3.8, 4) is 33.4 Å². The van der Waals surface area contributed by atoms with Crippen LogP contribution in [0.25, 0.3) is 88.0 Å². The molecule has 0 unspecified atom stereocenters. The minimum atomic E-state index is -0.163. The van der Waals surface area contributed by atoms with E-state index < -0.39 is 0 Å². The lowest BCUT2D eigenvalue weighted by atomic mass is 9.82. The Kier molecular flexibility index (Phi) is 6.98. The van der Waals surface area contributed by atoms with E-state index in [0.29, 0.717) is 0 Å². The number of furan rings is 2. The van der Waals surface area contributed by atoms with Crippen molar-refractivity contribution in [3.63, 3.8) is 0 Å². The van der Waals surface area contributed by atoms with Gasteiger partial charge < -0.3 is 13.7 Å². The van der Waals surface area contributed by atoms with Gasteiger partial charge >= 0.3 is 0 Å². The van der Waals surface area contributed by atoms with Crippen LogP contribution in [0.4, 0.5) is 17.1 Å². The van der Waals surface area contributed by atoms with Crippen molar-refractivity contribution in [2.24, 2.45) is 0 Å². The molecular weight excluding hydrogens is 707 g/mol. The molecule has 11 aromatic rings. The molecule has 2 aromatic heterocycles. The second-order valence-corrected chi connectivity index (χ2v) is 16.1. The zero-order chi connectivity index (χ0) is 38.5. The third-order valence-corrected chi connectivity index (χ3v) is 12.4. The molecule has 0 radical (unpaired) electrons. The highest BCUT2D eigenvalue weighted by molar-refractivity contribution is 6.17. The van der Waals surface area contributed by atoms with Crippen LogP contribution in [0, 0.1) is 0 Å². The number of nitrogens with zero attached hydrogens (tertiary/aromatic N) is 1. The number of rotatable bonds is 5. The largest absolute Gasteiger partial charge is 0.456 e. The van der Waals surface area contributed by atoms with Gasteiger partial charge in [-0.3, -0.25) is 0 Å². The quantitative estimate of drug-likeness (QED) is 0.176. The van der Waals surface area contributed by atoms with Crippen LogP contribution >= 0.6 is 0 Å². The fraction of sp³-hybridized carbons (Fsp3) is 0.0545. The molecule has 2 heterocycles. The van der Waals surface area contributed by atoms with Crippen LogP contribution in [0.1, 0.15) is 25.0 Å². The Morgan fingerprint density at radius 1 is 0.397 bits per heavy atom. The fourth-order valence-corrected chi connectivity index (χ4v) is 9.62. The van der Waals surface area contributed by atoms with Crippen molar-refractivity contribution in [2.75, 3.05) is 4.90 Å². The first-order chi connectivity index (χ1) is 28.5. The summed E-state index contributed by atoms with van der Waals surface area (Å²) in [7, 11) is 0. The molecule has 0 aliphatic heterocycles. The molecule has 0 atom stereocenters. The molecule has 0 spiro atoms. The molecule has 58 heavy (non-hydrogen) atoms. The molecule has 0 fully saturated rings. The summed E-state index contributed by atoms with van der Waals surface area (Å²) >= 11 is 0. The Morgan fingerprint density at radius 2 is 1.07 bits per heavy atom. The molecule has 0 N–H and O–H groups in total. The van der Waals surface area contributed by atoms with Crippen LogP contribution in [0.2, 0.25) is 0 Å². The Labute approximate surface area is 336 Å². The van der Waals surface area contributed by atoms with E-state index >= 15 is 0 Å². The summed E-state index contributed by atoms with van der Waals surface area (Å²) in [5, 5.41) is 6.87. The van der Waals surface area contributed by atoms with Gasteiger partial charge in [-0.05, 0) is 116 Å². The maximum atomic E-state index is 6.58. The summed E-state index contributed by atoms with van der Waals surface area (Å²) in [6.45, 7) is 4.70. The standard InChI is InChI=1S/C55H37NO2/c1-55(2)46-19-8-5-16-41(46)42-27-25-40(33-47(42)55)56(39-15-11-14-36(31-39)37-24-26-44-43-17-6-9-20-49(43)58-52(44)32-37)48-28-29-51-54(45-18-7-10-21-50(45)57-51)53(48)38-23-22-34-12-3-4-13-35(34)30-38/h3-33H,1-2H3. The number of hydrogen-bond acceptors (Lipinski definition) is 3. The van der Waals surface area contributed by atoms with Gasteiger partial charge in [0.15, 0.2) is 0 Å². The average molecular weight is 744 g/mol. The lowest BCUT2D eigenvalue weighted by Gasteiger charge is -2.30. The molecule has 9 aromatic carbocycles. The molecule has 3 heteroatoms. The van der Waals surface area contributed by atoms with Gasteiger partial charge in [-0.25, -0.2) is 0 Å². The van der Waals surface area contributed by atoms with Gasteiger partial charge in [0.2, 0.25) is 0 Å². The molecule has 3 nitrogen and oxygen atoms in total. The molecule has 0 saturated carbocycles. The highest BCUT2D eigenvalue weighted by atomic mass is 16.3. The average Bonchev–Trinajstić information content (AvgIpc) is 3.91. The van der Waals surface area contributed by atoms with Gasteiger partial charge in [0, 0.05) is 43.9 Å². The van der Waals surface area contributed by atoms with Gasteiger partial charge in [0.05, 0.1) is 5.69 Å². The second kappa shape index (κ2) is 12.3. The molecule has 1 aliphatic rings. The third kappa shape index (κ3) is 4.86. The Hall–Kier alpha value is -7.36. The summed E-state index contributed by atoms with van der Waals surface area (Å²) in [6, 6.07) is 67.9. The lowest BCUT2D eigenvalue weighted by Crippen LogP contribution is -2.17. The van der Waals surface area contributed by atoms with E-state index in [1.165, 1.54) is 33.0 Å². The first-order valence-electron chi connectivity index (χ1n) is 20.0. The number of anilines is 3. The first kappa shape index (κ1) is 32.8. The third-order valence-electron chi connectivity index (χ3n) is 12.4. The predicted octanol–water partition coefficient (Wildman–Crippen LogP) is 15.7. The van der Waals surface area contributed by atoms with Gasteiger partial charge in [-0.2, -0.15) is 0 Å². The van der Waals surface area contributed by atoms with Crippen molar-refractivity contribution >= 4 is 71.7 Å². The van der Waals surface area contributed by atoms with Gasteiger partial charge in [-0.1, -0.05) is 135 Å². The van der Waals surface area contributed by atoms with E-state index in [9.17, 15) is 0 Å². The van der Waals surface area contributed by atoms with Gasteiger partial charge in [0.1, 0.15) is 22.3 Å². The van der Waals surface area contributed by atoms with Crippen molar-refractivity contribution in [2.45, 2.75) is 19.3 Å². The maximum absolute atomic E-state index is 6.58. The molecule has 1 aliphatic carbocycles. The van der Waals surface area contributed by atoms with E-state index in [2.05, 4.69) is 189 Å². The van der Waals surface area contributed by atoms with E-state index in [-0.39, 0.29) is 5.41 Å². The van der Waals surface area contributed by atoms with Crippen molar-refractivity contribution in [3.05, 3.63) is 199 Å². The minimum Gasteiger partial charge on any atom is -0.456 e. The highest BCUT2D eigenvalue weighted by Gasteiger charge is 2.36. The molecule has 274 valence electrons. The SMILES string of the molecule is CC1(C)c2ccccc2-c2ccc(N(c3cccc(-c4ccc5c(c4)oc4ccccc45)c3)c3ccc4oc5ccccc5c4c3-c3ccc4ccccc4c3)cc21. The highest BCUT2D eigenvalue weighted by Crippen LogP contribution is 2.53. The molecule has 12 rings (SSSR count). The van der Waals surface area contributed by atoms with Crippen LogP contribution in [0.5, 0.6) is 0 Å². The number of fused-ring (bicyclic) bond motifs is 10. The van der Waals surface area contributed by atoms with E-state index in [1.807, 2.05) is 18.2 Å². The van der Waals surface area contributed by atoms with E-state index in [1.54, 1.807) is 0 Å². The van der Waals surface area contributed by atoms with Crippen LogP contribution in [0.15, 0.2) is 197 Å². The molecule has 0 amide bonds. The normalized spacial score (nSPS) is 13.1. The van der Waals surface area contributed by atoms with Crippen molar-refractivity contribution < 1.29 is 8.83 Å². The molecule has 0 bridgehead atoms. The predicted molar refractivity (Wildman–Crippen MR) is 242 cm³/mol. The number of para-hydroxylation sites is 2. The van der Waals surface area contributed by atoms with Gasteiger partial charge in [-0.15, -0.1) is 0 Å². The van der Waals surface area contributed by atoms with E-state index in [4.69, 9.17) is 8.83 Å². The van der Waals surface area contributed by atoms with Crippen LogP contribution in [-0.2, 0) is 5.41 Å². The summed E-state index contributed by atoms with van der Waals surface area (Å²) in [5.41, 5.74) is 16.4.